The number of anilines is 1. The summed E-state index contributed by atoms with van der Waals surface area (Å²) in [7, 11) is 1.61. The van der Waals surface area contributed by atoms with Crippen LogP contribution >= 0.6 is 23.4 Å². The molecule has 1 aromatic rings. The molecule has 1 N–H and O–H groups in total. The van der Waals surface area contributed by atoms with Gasteiger partial charge in [-0.3, -0.25) is 0 Å². The van der Waals surface area contributed by atoms with Crippen molar-refractivity contribution in [1.29, 1.82) is 0 Å². The number of thioether (sulfide) groups is 1. The third-order valence-electron chi connectivity index (χ3n) is 1.79. The first-order chi connectivity index (χ1) is 6.77. The van der Waals surface area contributed by atoms with E-state index in [0.717, 1.165) is 18.0 Å². The molecule has 78 valence electrons. The largest absolute Gasteiger partial charge is 0.495 e. The molecule has 0 aliphatic rings. The van der Waals surface area contributed by atoms with Crippen molar-refractivity contribution >= 4 is 29.1 Å². The van der Waals surface area contributed by atoms with Crippen LogP contribution in [-0.2, 0) is 0 Å². The SMILES string of the molecule is COc1ccc(NCCSC)cc1Cl. The lowest BCUT2D eigenvalue weighted by Gasteiger charge is -2.07. The molecule has 0 spiro atoms. The van der Waals surface area contributed by atoms with Gasteiger partial charge < -0.3 is 10.1 Å². The number of halogens is 1. The van der Waals surface area contributed by atoms with Crippen molar-refractivity contribution in [2.75, 3.05) is 31.0 Å². The first kappa shape index (κ1) is 11.5. The van der Waals surface area contributed by atoms with Gasteiger partial charge in [0.1, 0.15) is 5.75 Å². The van der Waals surface area contributed by atoms with Gasteiger partial charge in [0, 0.05) is 18.0 Å². The Hall–Kier alpha value is -0.540. The van der Waals surface area contributed by atoms with E-state index < -0.39 is 0 Å². The predicted octanol–water partition coefficient (Wildman–Crippen LogP) is 3.12. The molecule has 1 aromatic carbocycles. The van der Waals surface area contributed by atoms with Crippen LogP contribution in [0.3, 0.4) is 0 Å². The average molecular weight is 232 g/mol. The number of ether oxygens (including phenoxy) is 1. The van der Waals surface area contributed by atoms with Crippen LogP contribution in [0.4, 0.5) is 5.69 Å². The molecular weight excluding hydrogens is 218 g/mol. The summed E-state index contributed by atoms with van der Waals surface area (Å²) in [6.07, 6.45) is 2.09. The van der Waals surface area contributed by atoms with Gasteiger partial charge in [-0.25, -0.2) is 0 Å². The highest BCUT2D eigenvalue weighted by molar-refractivity contribution is 7.98. The van der Waals surface area contributed by atoms with Gasteiger partial charge in [0.2, 0.25) is 0 Å². The summed E-state index contributed by atoms with van der Waals surface area (Å²) in [6, 6.07) is 5.70. The molecule has 4 heteroatoms. The van der Waals surface area contributed by atoms with Crippen molar-refractivity contribution in [3.63, 3.8) is 0 Å². The Balaban J connectivity index is 2.57. The lowest BCUT2D eigenvalue weighted by atomic mass is 10.3. The molecule has 0 radical (unpaired) electrons. The monoisotopic (exact) mass is 231 g/mol. The second-order valence-electron chi connectivity index (χ2n) is 2.77. The molecule has 0 aliphatic carbocycles. The zero-order valence-electron chi connectivity index (χ0n) is 8.34. The predicted molar refractivity (Wildman–Crippen MR) is 64.9 cm³/mol. The molecular formula is C10H14ClNOS. The maximum Gasteiger partial charge on any atom is 0.137 e. The van der Waals surface area contributed by atoms with E-state index in [9.17, 15) is 0 Å². The molecule has 0 aliphatic heterocycles. The van der Waals surface area contributed by atoms with Crippen LogP contribution in [0.15, 0.2) is 18.2 Å². The highest BCUT2D eigenvalue weighted by Crippen LogP contribution is 2.26. The van der Waals surface area contributed by atoms with Crippen LogP contribution in [0, 0.1) is 0 Å². The van der Waals surface area contributed by atoms with Crippen LogP contribution in [0.1, 0.15) is 0 Å². The minimum atomic E-state index is 0.640. The standard InChI is InChI=1S/C10H14ClNOS/c1-13-10-4-3-8(7-9(10)11)12-5-6-14-2/h3-4,7,12H,5-6H2,1-2H3. The lowest BCUT2D eigenvalue weighted by molar-refractivity contribution is 0.415. The fourth-order valence-electron chi connectivity index (χ4n) is 1.07. The number of benzene rings is 1. The van der Waals surface area contributed by atoms with Crippen molar-refractivity contribution in [2.45, 2.75) is 0 Å². The Bertz CT molecular complexity index is 293. The van der Waals surface area contributed by atoms with Crippen LogP contribution in [-0.4, -0.2) is 25.7 Å². The number of hydrogen-bond donors (Lipinski definition) is 1. The van der Waals surface area contributed by atoms with Gasteiger partial charge in [-0.2, -0.15) is 11.8 Å². The van der Waals surface area contributed by atoms with E-state index in [-0.39, 0.29) is 0 Å². The molecule has 0 unspecified atom stereocenters. The van der Waals surface area contributed by atoms with E-state index in [1.807, 2.05) is 30.0 Å². The minimum absolute atomic E-state index is 0.640. The maximum absolute atomic E-state index is 5.97. The summed E-state index contributed by atoms with van der Waals surface area (Å²) in [6.45, 7) is 0.948. The lowest BCUT2D eigenvalue weighted by Crippen LogP contribution is -2.03. The van der Waals surface area contributed by atoms with Crippen molar-refractivity contribution in [3.8, 4) is 5.75 Å². The molecule has 0 heterocycles. The summed E-state index contributed by atoms with van der Waals surface area (Å²) in [5.41, 5.74) is 1.03. The average Bonchev–Trinajstić information content (AvgIpc) is 2.18. The number of rotatable bonds is 5. The first-order valence-electron chi connectivity index (χ1n) is 4.34. The van der Waals surface area contributed by atoms with Crippen LogP contribution < -0.4 is 10.1 Å². The van der Waals surface area contributed by atoms with Crippen molar-refractivity contribution < 1.29 is 4.74 Å². The first-order valence-corrected chi connectivity index (χ1v) is 6.11. The molecule has 0 bridgehead atoms. The number of methoxy groups -OCH3 is 1. The summed E-state index contributed by atoms with van der Waals surface area (Å²) >= 11 is 7.78. The van der Waals surface area contributed by atoms with Gasteiger partial charge >= 0.3 is 0 Å². The van der Waals surface area contributed by atoms with E-state index >= 15 is 0 Å². The second-order valence-corrected chi connectivity index (χ2v) is 4.16. The summed E-state index contributed by atoms with van der Waals surface area (Å²) in [5.74, 6) is 1.80. The Morgan fingerprint density at radius 1 is 1.50 bits per heavy atom. The third kappa shape index (κ3) is 3.31. The highest BCUT2D eigenvalue weighted by atomic mass is 35.5. The Labute approximate surface area is 94.0 Å². The Morgan fingerprint density at radius 2 is 2.29 bits per heavy atom. The fourth-order valence-corrected chi connectivity index (χ4v) is 1.64. The van der Waals surface area contributed by atoms with Crippen molar-refractivity contribution in [1.82, 2.24) is 0 Å². The van der Waals surface area contributed by atoms with E-state index in [1.165, 1.54) is 0 Å². The minimum Gasteiger partial charge on any atom is -0.495 e. The third-order valence-corrected chi connectivity index (χ3v) is 2.69. The van der Waals surface area contributed by atoms with Gasteiger partial charge in [-0.1, -0.05) is 11.6 Å². The molecule has 14 heavy (non-hydrogen) atoms. The van der Waals surface area contributed by atoms with Gasteiger partial charge in [-0.15, -0.1) is 0 Å². The summed E-state index contributed by atoms with van der Waals surface area (Å²) < 4.78 is 5.06. The van der Waals surface area contributed by atoms with Gasteiger partial charge in [0.05, 0.1) is 12.1 Å². The summed E-state index contributed by atoms with van der Waals surface area (Å²) in [5, 5.41) is 3.92. The van der Waals surface area contributed by atoms with Gasteiger partial charge in [-0.05, 0) is 24.5 Å². The number of hydrogen-bond acceptors (Lipinski definition) is 3. The zero-order chi connectivity index (χ0) is 10.4. The van der Waals surface area contributed by atoms with E-state index in [4.69, 9.17) is 16.3 Å². The molecule has 0 fully saturated rings. The van der Waals surface area contributed by atoms with Gasteiger partial charge in [0.25, 0.3) is 0 Å². The molecule has 0 atom stereocenters. The van der Waals surface area contributed by atoms with Crippen molar-refractivity contribution in [2.24, 2.45) is 0 Å². The molecule has 0 saturated heterocycles. The van der Waals surface area contributed by atoms with Crippen LogP contribution in [0.25, 0.3) is 0 Å². The smallest absolute Gasteiger partial charge is 0.137 e. The maximum atomic E-state index is 5.97. The van der Waals surface area contributed by atoms with Crippen LogP contribution in [0.5, 0.6) is 5.75 Å². The molecule has 2 nitrogen and oxygen atoms in total. The van der Waals surface area contributed by atoms with E-state index in [1.54, 1.807) is 7.11 Å². The zero-order valence-corrected chi connectivity index (χ0v) is 9.91. The Kier molecular flexibility index (Phi) is 4.98. The molecule has 1 rings (SSSR count). The quantitative estimate of drug-likeness (QED) is 0.787. The molecule has 0 aromatic heterocycles. The van der Waals surface area contributed by atoms with Gasteiger partial charge in [0.15, 0.2) is 0 Å². The Morgan fingerprint density at radius 3 is 2.86 bits per heavy atom. The fraction of sp³-hybridized carbons (Fsp3) is 0.400. The normalized spacial score (nSPS) is 9.93. The summed E-state index contributed by atoms with van der Waals surface area (Å²) in [4.78, 5) is 0. The van der Waals surface area contributed by atoms with Crippen LogP contribution in [0.2, 0.25) is 5.02 Å². The second kappa shape index (κ2) is 6.04. The number of nitrogens with one attached hydrogen (secondary N) is 1. The topological polar surface area (TPSA) is 21.3 Å². The molecule has 0 amide bonds. The molecule has 0 saturated carbocycles. The van der Waals surface area contributed by atoms with Crippen molar-refractivity contribution in [3.05, 3.63) is 23.2 Å². The van der Waals surface area contributed by atoms with E-state index in [2.05, 4.69) is 11.6 Å². The highest BCUT2D eigenvalue weighted by Gasteiger charge is 2.00. The van der Waals surface area contributed by atoms with E-state index in [0.29, 0.717) is 10.8 Å².